The fourth-order valence-corrected chi connectivity index (χ4v) is 2.86. The van der Waals surface area contributed by atoms with E-state index in [1.54, 1.807) is 6.20 Å². The molecule has 0 saturated carbocycles. The zero-order valence-electron chi connectivity index (χ0n) is 11.8. The maximum absolute atomic E-state index is 4.44. The highest BCUT2D eigenvalue weighted by molar-refractivity contribution is 9.10. The smallest absolute Gasteiger partial charge is 0.0705 e. The number of nitrogens with one attached hydrogen (secondary N) is 1. The van der Waals surface area contributed by atoms with Crippen LogP contribution in [0.15, 0.2) is 59.5 Å². The highest BCUT2D eigenvalue weighted by Gasteiger charge is 2.14. The van der Waals surface area contributed by atoms with Crippen LogP contribution in [-0.2, 0) is 0 Å². The highest BCUT2D eigenvalue weighted by Crippen LogP contribution is 2.26. The summed E-state index contributed by atoms with van der Waals surface area (Å²) in [6.45, 7) is 3.00. The van der Waals surface area contributed by atoms with E-state index in [4.69, 9.17) is 0 Å². The van der Waals surface area contributed by atoms with Crippen LogP contribution in [0.5, 0.6) is 0 Å². The predicted octanol–water partition coefficient (Wildman–Crippen LogP) is 4.09. The Bertz CT molecular complexity index is 758. The van der Waals surface area contributed by atoms with E-state index in [2.05, 4.69) is 68.5 Å². The molecule has 0 bridgehead atoms. The summed E-state index contributed by atoms with van der Waals surface area (Å²) in [5.41, 5.74) is 3.35. The van der Waals surface area contributed by atoms with Gasteiger partial charge in [-0.2, -0.15) is 0 Å². The number of fused-ring (bicyclic) bond motifs is 1. The lowest BCUT2D eigenvalue weighted by Gasteiger charge is -2.19. The van der Waals surface area contributed by atoms with Crippen LogP contribution in [0.4, 0.5) is 0 Å². The fourth-order valence-electron chi connectivity index (χ4n) is 2.48. The molecule has 3 nitrogen and oxygen atoms in total. The van der Waals surface area contributed by atoms with Crippen molar-refractivity contribution in [2.24, 2.45) is 0 Å². The van der Waals surface area contributed by atoms with Gasteiger partial charge in [-0.15, -0.1) is 0 Å². The summed E-state index contributed by atoms with van der Waals surface area (Å²) in [6.07, 6.45) is 5.53. The van der Waals surface area contributed by atoms with Gasteiger partial charge < -0.3 is 5.32 Å². The Hall–Kier alpha value is -1.78. The van der Waals surface area contributed by atoms with E-state index in [1.807, 2.05) is 18.5 Å². The van der Waals surface area contributed by atoms with Crippen LogP contribution in [0.1, 0.15) is 24.1 Å². The van der Waals surface area contributed by atoms with Crippen molar-refractivity contribution >= 4 is 26.8 Å². The number of hydrogen-bond acceptors (Lipinski definition) is 3. The minimum absolute atomic E-state index is 0.117. The Morgan fingerprint density at radius 3 is 2.86 bits per heavy atom. The van der Waals surface area contributed by atoms with Crippen molar-refractivity contribution in [3.63, 3.8) is 0 Å². The van der Waals surface area contributed by atoms with Gasteiger partial charge in [0.25, 0.3) is 0 Å². The van der Waals surface area contributed by atoms with E-state index in [9.17, 15) is 0 Å². The zero-order chi connectivity index (χ0) is 14.7. The zero-order valence-corrected chi connectivity index (χ0v) is 13.3. The fraction of sp³-hybridized carbons (Fsp3) is 0.176. The van der Waals surface area contributed by atoms with Gasteiger partial charge >= 0.3 is 0 Å². The van der Waals surface area contributed by atoms with Gasteiger partial charge in [0, 0.05) is 28.4 Å². The summed E-state index contributed by atoms with van der Waals surface area (Å²) in [5.74, 6) is 0. The van der Waals surface area contributed by atoms with E-state index in [-0.39, 0.29) is 6.04 Å². The van der Waals surface area contributed by atoms with Gasteiger partial charge in [0.05, 0.1) is 11.6 Å². The van der Waals surface area contributed by atoms with Crippen molar-refractivity contribution in [3.05, 3.63) is 70.6 Å². The second-order valence-corrected chi connectivity index (χ2v) is 5.80. The predicted molar refractivity (Wildman–Crippen MR) is 89.2 cm³/mol. The first kappa shape index (κ1) is 14.2. The summed E-state index contributed by atoms with van der Waals surface area (Å²) >= 11 is 3.49. The maximum Gasteiger partial charge on any atom is 0.0705 e. The standard InChI is InChI=1S/C17H16BrN3/c1-2-20-17(14-8-15(18)11-19-10-14)13-6-5-12-4-3-7-21-16(12)9-13/h3-11,17,20H,2H2,1H3. The maximum atomic E-state index is 4.44. The molecule has 0 spiro atoms. The van der Waals surface area contributed by atoms with Crippen LogP contribution < -0.4 is 5.32 Å². The second-order valence-electron chi connectivity index (χ2n) is 4.88. The molecule has 0 amide bonds. The molecule has 0 aliphatic rings. The Morgan fingerprint density at radius 2 is 2.05 bits per heavy atom. The van der Waals surface area contributed by atoms with E-state index in [1.165, 1.54) is 5.56 Å². The first-order valence-corrected chi connectivity index (χ1v) is 7.75. The van der Waals surface area contributed by atoms with Gasteiger partial charge in [0.1, 0.15) is 0 Å². The number of hydrogen-bond donors (Lipinski definition) is 1. The molecule has 0 aliphatic carbocycles. The van der Waals surface area contributed by atoms with Crippen molar-refractivity contribution < 1.29 is 0 Å². The molecule has 1 N–H and O–H groups in total. The van der Waals surface area contributed by atoms with Gasteiger partial charge in [-0.1, -0.05) is 25.1 Å². The van der Waals surface area contributed by atoms with Crippen LogP contribution >= 0.6 is 15.9 Å². The largest absolute Gasteiger partial charge is 0.306 e. The molecule has 106 valence electrons. The third kappa shape index (κ3) is 3.12. The molecule has 0 aliphatic heterocycles. The second kappa shape index (κ2) is 6.33. The van der Waals surface area contributed by atoms with Crippen LogP contribution in [0.3, 0.4) is 0 Å². The molecule has 4 heteroatoms. The summed E-state index contributed by atoms with van der Waals surface area (Å²) in [6, 6.07) is 12.7. The molecule has 3 aromatic rings. The molecule has 3 rings (SSSR count). The van der Waals surface area contributed by atoms with E-state index in [0.29, 0.717) is 0 Å². The molecule has 0 saturated heterocycles. The van der Waals surface area contributed by atoms with Gasteiger partial charge in [0.15, 0.2) is 0 Å². The lowest BCUT2D eigenvalue weighted by atomic mass is 9.99. The molecule has 1 atom stereocenters. The highest BCUT2D eigenvalue weighted by atomic mass is 79.9. The third-order valence-corrected chi connectivity index (χ3v) is 3.86. The summed E-state index contributed by atoms with van der Waals surface area (Å²) < 4.78 is 0.988. The van der Waals surface area contributed by atoms with Crippen molar-refractivity contribution in [2.75, 3.05) is 6.54 Å². The van der Waals surface area contributed by atoms with E-state index >= 15 is 0 Å². The average Bonchev–Trinajstić information content (AvgIpc) is 2.52. The average molecular weight is 342 g/mol. The molecule has 2 heterocycles. The Labute approximate surface area is 132 Å². The minimum atomic E-state index is 0.117. The molecule has 2 aromatic heterocycles. The molecule has 0 radical (unpaired) electrons. The number of nitrogens with zero attached hydrogens (tertiary/aromatic N) is 2. The summed E-state index contributed by atoms with van der Waals surface area (Å²) in [7, 11) is 0. The van der Waals surface area contributed by atoms with Crippen LogP contribution in [-0.4, -0.2) is 16.5 Å². The SMILES string of the molecule is CCNC(c1cncc(Br)c1)c1ccc2cccnc2c1. The number of rotatable bonds is 4. The van der Waals surface area contributed by atoms with E-state index < -0.39 is 0 Å². The van der Waals surface area contributed by atoms with E-state index in [0.717, 1.165) is 27.5 Å². The number of pyridine rings is 2. The van der Waals surface area contributed by atoms with Crippen LogP contribution in [0.2, 0.25) is 0 Å². The summed E-state index contributed by atoms with van der Waals surface area (Å²) in [5, 5.41) is 4.67. The van der Waals surface area contributed by atoms with Crippen LogP contribution in [0.25, 0.3) is 10.9 Å². The molecule has 0 fully saturated rings. The molecule has 1 unspecified atom stereocenters. The van der Waals surface area contributed by atoms with Crippen molar-refractivity contribution in [2.45, 2.75) is 13.0 Å². The Balaban J connectivity index is 2.06. The van der Waals surface area contributed by atoms with Gasteiger partial charge in [-0.05, 0) is 51.8 Å². The Kier molecular flexibility index (Phi) is 4.27. The number of benzene rings is 1. The van der Waals surface area contributed by atoms with Crippen LogP contribution in [0, 0.1) is 0 Å². The first-order chi connectivity index (χ1) is 10.3. The Morgan fingerprint density at radius 1 is 1.14 bits per heavy atom. The first-order valence-electron chi connectivity index (χ1n) is 6.96. The lowest BCUT2D eigenvalue weighted by Crippen LogP contribution is -2.22. The van der Waals surface area contributed by atoms with Gasteiger partial charge in [-0.25, -0.2) is 0 Å². The molecule has 1 aromatic carbocycles. The minimum Gasteiger partial charge on any atom is -0.306 e. The van der Waals surface area contributed by atoms with Gasteiger partial charge in [0.2, 0.25) is 0 Å². The number of aromatic nitrogens is 2. The molecular weight excluding hydrogens is 326 g/mol. The molecular formula is C17H16BrN3. The molecule has 21 heavy (non-hydrogen) atoms. The monoisotopic (exact) mass is 341 g/mol. The van der Waals surface area contributed by atoms with Gasteiger partial charge in [-0.3, -0.25) is 9.97 Å². The topological polar surface area (TPSA) is 37.8 Å². The lowest BCUT2D eigenvalue weighted by molar-refractivity contribution is 0.629. The number of halogens is 1. The van der Waals surface area contributed by atoms with Crippen molar-refractivity contribution in [1.82, 2.24) is 15.3 Å². The van der Waals surface area contributed by atoms with Crippen molar-refractivity contribution in [3.8, 4) is 0 Å². The third-order valence-electron chi connectivity index (χ3n) is 3.43. The quantitative estimate of drug-likeness (QED) is 0.776. The summed E-state index contributed by atoms with van der Waals surface area (Å²) in [4.78, 5) is 8.72. The normalized spacial score (nSPS) is 12.5. The van der Waals surface area contributed by atoms with Crippen molar-refractivity contribution in [1.29, 1.82) is 0 Å².